The molecule has 0 saturated heterocycles. The van der Waals surface area contributed by atoms with Crippen molar-refractivity contribution < 1.29 is 0 Å². The molecule has 2 aromatic rings. The van der Waals surface area contributed by atoms with Crippen LogP contribution in [0.15, 0.2) is 18.2 Å². The van der Waals surface area contributed by atoms with Crippen molar-refractivity contribution in [2.45, 2.75) is 6.92 Å². The van der Waals surface area contributed by atoms with Crippen LogP contribution in [0.25, 0.3) is 0 Å². The van der Waals surface area contributed by atoms with Gasteiger partial charge in [-0.05, 0) is 47.7 Å². The fourth-order valence-corrected chi connectivity index (χ4v) is 2.44. The van der Waals surface area contributed by atoms with Gasteiger partial charge in [-0.2, -0.15) is 5.10 Å². The number of halogens is 2. The number of nitrogen functional groups attached to an aromatic ring is 1. The van der Waals surface area contributed by atoms with E-state index in [9.17, 15) is 0 Å². The van der Waals surface area contributed by atoms with E-state index in [2.05, 4.69) is 33.0 Å². The van der Waals surface area contributed by atoms with E-state index < -0.39 is 0 Å². The molecule has 0 unspecified atom stereocenters. The highest BCUT2D eigenvalue weighted by molar-refractivity contribution is 14.1. The van der Waals surface area contributed by atoms with Crippen molar-refractivity contribution in [2.75, 3.05) is 11.1 Å². The molecule has 17 heavy (non-hydrogen) atoms. The zero-order chi connectivity index (χ0) is 12.6. The van der Waals surface area contributed by atoms with Gasteiger partial charge in [-0.25, -0.2) is 0 Å². The van der Waals surface area contributed by atoms with Gasteiger partial charge in [0.15, 0.2) is 5.82 Å². The topological polar surface area (TPSA) is 55.9 Å². The molecule has 1 aromatic carbocycles. The fraction of sp³-hybridized carbons (Fsp3) is 0.182. The van der Waals surface area contributed by atoms with Crippen molar-refractivity contribution >= 4 is 51.4 Å². The molecule has 1 heterocycles. The predicted molar refractivity (Wildman–Crippen MR) is 79.8 cm³/mol. The number of rotatable bonds is 2. The molecule has 0 amide bonds. The van der Waals surface area contributed by atoms with E-state index in [1.807, 2.05) is 32.2 Å². The maximum atomic E-state index is 6.15. The number of nitrogens with two attached hydrogens (primary N) is 1. The summed E-state index contributed by atoms with van der Waals surface area (Å²) in [5.74, 6) is 0.755. The molecule has 0 bridgehead atoms. The van der Waals surface area contributed by atoms with Gasteiger partial charge in [-0.3, -0.25) is 4.68 Å². The van der Waals surface area contributed by atoms with Gasteiger partial charge in [0.2, 0.25) is 0 Å². The van der Waals surface area contributed by atoms with Gasteiger partial charge in [0.05, 0.1) is 22.1 Å². The summed E-state index contributed by atoms with van der Waals surface area (Å²) in [5.41, 5.74) is 8.21. The third-order valence-electron chi connectivity index (χ3n) is 2.45. The lowest BCUT2D eigenvalue weighted by Gasteiger charge is -2.09. The fourth-order valence-electron chi connectivity index (χ4n) is 1.54. The largest absolute Gasteiger partial charge is 0.394 e. The Labute approximate surface area is 118 Å². The van der Waals surface area contributed by atoms with Crippen LogP contribution in [0.1, 0.15) is 5.69 Å². The summed E-state index contributed by atoms with van der Waals surface area (Å²) in [6.07, 6.45) is 0. The molecular weight excluding hydrogens is 351 g/mol. The summed E-state index contributed by atoms with van der Waals surface area (Å²) < 4.78 is 2.80. The number of nitrogens with zero attached hydrogens (tertiary/aromatic N) is 2. The van der Waals surface area contributed by atoms with E-state index in [1.54, 1.807) is 4.68 Å². The Morgan fingerprint density at radius 3 is 2.71 bits per heavy atom. The van der Waals surface area contributed by atoms with E-state index >= 15 is 0 Å². The zero-order valence-corrected chi connectivity index (χ0v) is 12.4. The number of aryl methyl sites for hydroxylation is 2. The highest BCUT2D eigenvalue weighted by atomic mass is 127. The summed E-state index contributed by atoms with van der Waals surface area (Å²) in [4.78, 5) is 0. The number of benzene rings is 1. The Bertz CT molecular complexity index is 565. The maximum Gasteiger partial charge on any atom is 0.152 e. The first-order valence-electron chi connectivity index (χ1n) is 5.00. The lowest BCUT2D eigenvalue weighted by molar-refractivity contribution is 0.765. The third kappa shape index (κ3) is 2.50. The maximum absolute atomic E-state index is 6.15. The summed E-state index contributed by atoms with van der Waals surface area (Å²) in [6.45, 7) is 1.87. The Morgan fingerprint density at radius 1 is 1.47 bits per heavy atom. The van der Waals surface area contributed by atoms with E-state index in [1.165, 1.54) is 0 Å². The summed E-state index contributed by atoms with van der Waals surface area (Å²) in [6, 6.07) is 5.80. The summed E-state index contributed by atoms with van der Waals surface area (Å²) >= 11 is 8.37. The average molecular weight is 363 g/mol. The number of hydrogen-bond donors (Lipinski definition) is 2. The quantitative estimate of drug-likeness (QED) is 0.806. The Kier molecular flexibility index (Phi) is 3.48. The molecule has 2 rings (SSSR count). The van der Waals surface area contributed by atoms with E-state index in [0.717, 1.165) is 20.8 Å². The van der Waals surface area contributed by atoms with Crippen LogP contribution >= 0.6 is 34.2 Å². The molecule has 0 spiro atoms. The monoisotopic (exact) mass is 362 g/mol. The standard InChI is InChI=1S/C11H12ClIN4/c1-6-10(14)11(17(2)16-6)15-9-4-3-7(13)5-8(9)12/h3-5,15H,14H2,1-2H3. The predicted octanol–water partition coefficient (Wildman–Crippen LogP) is 3.31. The molecule has 3 N–H and O–H groups in total. The molecule has 0 fully saturated rings. The summed E-state index contributed by atoms with van der Waals surface area (Å²) in [5, 5.41) is 8.10. The van der Waals surface area contributed by atoms with Crippen molar-refractivity contribution in [2.24, 2.45) is 7.05 Å². The van der Waals surface area contributed by atoms with Crippen molar-refractivity contribution in [3.63, 3.8) is 0 Å². The lowest BCUT2D eigenvalue weighted by Crippen LogP contribution is -2.01. The second-order valence-corrected chi connectivity index (χ2v) is 5.37. The molecule has 4 nitrogen and oxygen atoms in total. The van der Waals surface area contributed by atoms with E-state index in [0.29, 0.717) is 10.7 Å². The first kappa shape index (κ1) is 12.5. The van der Waals surface area contributed by atoms with Crippen molar-refractivity contribution in [3.05, 3.63) is 32.5 Å². The van der Waals surface area contributed by atoms with Crippen molar-refractivity contribution in [3.8, 4) is 0 Å². The van der Waals surface area contributed by atoms with Gasteiger partial charge in [-0.1, -0.05) is 11.6 Å². The van der Waals surface area contributed by atoms with E-state index in [4.69, 9.17) is 17.3 Å². The van der Waals surface area contributed by atoms with Gasteiger partial charge in [-0.15, -0.1) is 0 Å². The van der Waals surface area contributed by atoms with Gasteiger partial charge < -0.3 is 11.1 Å². The van der Waals surface area contributed by atoms with E-state index in [-0.39, 0.29) is 0 Å². The van der Waals surface area contributed by atoms with Crippen molar-refractivity contribution in [1.82, 2.24) is 9.78 Å². The van der Waals surface area contributed by atoms with Crippen LogP contribution in [0.4, 0.5) is 17.2 Å². The first-order valence-corrected chi connectivity index (χ1v) is 6.46. The van der Waals surface area contributed by atoms with Crippen LogP contribution in [0.5, 0.6) is 0 Å². The van der Waals surface area contributed by atoms with Crippen molar-refractivity contribution in [1.29, 1.82) is 0 Å². The van der Waals surface area contributed by atoms with Crippen LogP contribution < -0.4 is 11.1 Å². The minimum Gasteiger partial charge on any atom is -0.394 e. The van der Waals surface area contributed by atoms with Crippen LogP contribution in [-0.4, -0.2) is 9.78 Å². The van der Waals surface area contributed by atoms with Gasteiger partial charge >= 0.3 is 0 Å². The Balaban J connectivity index is 2.38. The normalized spacial score (nSPS) is 10.6. The lowest BCUT2D eigenvalue weighted by atomic mass is 10.3. The minimum absolute atomic E-state index is 0.641. The molecular formula is C11H12ClIN4. The van der Waals surface area contributed by atoms with Gasteiger partial charge in [0.1, 0.15) is 0 Å². The van der Waals surface area contributed by atoms with Crippen LogP contribution in [0.3, 0.4) is 0 Å². The highest BCUT2D eigenvalue weighted by Gasteiger charge is 2.11. The molecule has 1 aromatic heterocycles. The van der Waals surface area contributed by atoms with Gasteiger partial charge in [0.25, 0.3) is 0 Å². The molecule has 0 aliphatic carbocycles. The Morgan fingerprint density at radius 2 is 2.18 bits per heavy atom. The molecule has 0 atom stereocenters. The molecule has 0 saturated carbocycles. The number of anilines is 3. The first-order chi connectivity index (χ1) is 7.99. The van der Waals surface area contributed by atoms with Crippen LogP contribution in [0, 0.1) is 10.5 Å². The summed E-state index contributed by atoms with van der Waals surface area (Å²) in [7, 11) is 1.84. The number of aromatic nitrogens is 2. The molecule has 0 aliphatic heterocycles. The number of hydrogen-bond acceptors (Lipinski definition) is 3. The van der Waals surface area contributed by atoms with Gasteiger partial charge in [0, 0.05) is 10.6 Å². The molecule has 0 aliphatic rings. The highest BCUT2D eigenvalue weighted by Crippen LogP contribution is 2.30. The SMILES string of the molecule is Cc1nn(C)c(Nc2ccc(I)cc2Cl)c1N. The number of nitrogens with one attached hydrogen (secondary N) is 1. The zero-order valence-electron chi connectivity index (χ0n) is 9.46. The second-order valence-electron chi connectivity index (χ2n) is 3.72. The minimum atomic E-state index is 0.641. The smallest absolute Gasteiger partial charge is 0.152 e. The molecule has 90 valence electrons. The third-order valence-corrected chi connectivity index (χ3v) is 3.44. The Hall–Kier alpha value is -0.950. The van der Waals surface area contributed by atoms with Crippen LogP contribution in [0.2, 0.25) is 5.02 Å². The molecule has 0 radical (unpaired) electrons. The molecule has 6 heteroatoms. The average Bonchev–Trinajstić information content (AvgIpc) is 2.48. The second kappa shape index (κ2) is 4.73. The van der Waals surface area contributed by atoms with Crippen LogP contribution in [-0.2, 0) is 7.05 Å².